The van der Waals surface area contributed by atoms with Crippen LogP contribution in [0.1, 0.15) is 41.5 Å². The van der Waals surface area contributed by atoms with E-state index in [1.165, 1.54) is 24.0 Å². The normalized spacial score (nSPS) is 21.1. The van der Waals surface area contributed by atoms with Crippen LogP contribution in [-0.2, 0) is 0 Å². The Balaban J connectivity index is 0.00000147. The summed E-state index contributed by atoms with van der Waals surface area (Å²) < 4.78 is 0. The Morgan fingerprint density at radius 3 is 2.05 bits per heavy atom. The van der Waals surface area contributed by atoms with Crippen molar-refractivity contribution in [3.8, 4) is 0 Å². The van der Waals surface area contributed by atoms with Gasteiger partial charge in [-0.05, 0) is 17.5 Å². The number of quaternary nitrogens is 1. The Labute approximate surface area is 128 Å². The van der Waals surface area contributed by atoms with Gasteiger partial charge in [-0.3, -0.25) is 0 Å². The average Bonchev–Trinajstić information content (AvgIpc) is 2.47. The topological polar surface area (TPSA) is 4.44 Å². The van der Waals surface area contributed by atoms with Gasteiger partial charge in [0.25, 0.3) is 0 Å². The third kappa shape index (κ3) is 2.74. The van der Waals surface area contributed by atoms with Gasteiger partial charge in [-0.1, -0.05) is 54.6 Å². The van der Waals surface area contributed by atoms with Gasteiger partial charge >= 0.3 is 0 Å². The van der Waals surface area contributed by atoms with Crippen LogP contribution in [0.2, 0.25) is 0 Å². The number of fused-ring (bicyclic) bond motifs is 1. The smallest absolute Gasteiger partial charge is 0.113 e. The molecule has 1 aliphatic rings. The fourth-order valence-electron chi connectivity index (χ4n) is 3.42. The predicted molar refractivity (Wildman–Crippen MR) is 79.5 cm³/mol. The molecular formula is C18H22ClN. The average molecular weight is 288 g/mol. The maximum atomic E-state index is 2.32. The SMILES string of the molecule is C[NH+](C)C1CCC(c2ccccc2)c2ccccc21.[Cl-]. The van der Waals surface area contributed by atoms with Gasteiger partial charge in [0.05, 0.1) is 14.1 Å². The van der Waals surface area contributed by atoms with Crippen LogP contribution in [0.15, 0.2) is 54.6 Å². The van der Waals surface area contributed by atoms with Crippen LogP contribution < -0.4 is 17.3 Å². The fourth-order valence-corrected chi connectivity index (χ4v) is 3.42. The summed E-state index contributed by atoms with van der Waals surface area (Å²) in [5.41, 5.74) is 4.54. The summed E-state index contributed by atoms with van der Waals surface area (Å²) >= 11 is 0. The highest BCUT2D eigenvalue weighted by Gasteiger charge is 2.30. The first-order valence-corrected chi connectivity index (χ1v) is 7.21. The van der Waals surface area contributed by atoms with E-state index in [0.29, 0.717) is 12.0 Å². The molecule has 0 spiro atoms. The van der Waals surface area contributed by atoms with Gasteiger partial charge in [0.1, 0.15) is 6.04 Å². The molecule has 1 nitrogen and oxygen atoms in total. The quantitative estimate of drug-likeness (QED) is 0.781. The molecule has 2 atom stereocenters. The Bertz CT molecular complexity index is 550. The minimum atomic E-state index is 0. The van der Waals surface area contributed by atoms with Crippen LogP contribution in [0.4, 0.5) is 0 Å². The molecule has 2 aromatic rings. The first-order chi connectivity index (χ1) is 9.27. The summed E-state index contributed by atoms with van der Waals surface area (Å²) in [7, 11) is 4.54. The van der Waals surface area contributed by atoms with E-state index < -0.39 is 0 Å². The van der Waals surface area contributed by atoms with Crippen LogP contribution in [0.3, 0.4) is 0 Å². The van der Waals surface area contributed by atoms with E-state index in [0.717, 1.165) is 0 Å². The number of hydrogen-bond acceptors (Lipinski definition) is 0. The first kappa shape index (κ1) is 15.1. The highest BCUT2D eigenvalue weighted by Crippen LogP contribution is 2.39. The van der Waals surface area contributed by atoms with E-state index in [2.05, 4.69) is 68.7 Å². The van der Waals surface area contributed by atoms with E-state index in [4.69, 9.17) is 0 Å². The third-order valence-electron chi connectivity index (χ3n) is 4.39. The van der Waals surface area contributed by atoms with Crippen LogP contribution in [0.5, 0.6) is 0 Å². The number of hydrogen-bond donors (Lipinski definition) is 1. The minimum Gasteiger partial charge on any atom is -1.00 e. The van der Waals surface area contributed by atoms with Crippen LogP contribution in [0.25, 0.3) is 0 Å². The lowest BCUT2D eigenvalue weighted by Crippen LogP contribution is -3.06. The molecule has 0 fully saturated rings. The third-order valence-corrected chi connectivity index (χ3v) is 4.39. The van der Waals surface area contributed by atoms with E-state index in [-0.39, 0.29) is 12.4 Å². The highest BCUT2D eigenvalue weighted by atomic mass is 35.5. The minimum absolute atomic E-state index is 0. The molecule has 2 heteroatoms. The van der Waals surface area contributed by atoms with Gasteiger partial charge in [0.15, 0.2) is 0 Å². The molecular weight excluding hydrogens is 266 g/mol. The fraction of sp³-hybridized carbons (Fsp3) is 0.333. The molecule has 106 valence electrons. The monoisotopic (exact) mass is 287 g/mol. The van der Waals surface area contributed by atoms with E-state index in [1.807, 2.05) is 0 Å². The molecule has 0 aliphatic heterocycles. The summed E-state index contributed by atoms with van der Waals surface area (Å²) in [6.07, 6.45) is 2.54. The highest BCUT2D eigenvalue weighted by molar-refractivity contribution is 5.40. The molecule has 2 aromatic carbocycles. The summed E-state index contributed by atoms with van der Waals surface area (Å²) in [5, 5.41) is 0. The van der Waals surface area contributed by atoms with Crippen molar-refractivity contribution < 1.29 is 17.3 Å². The number of rotatable bonds is 2. The van der Waals surface area contributed by atoms with Crippen LogP contribution >= 0.6 is 0 Å². The van der Waals surface area contributed by atoms with Crippen LogP contribution in [0, 0.1) is 0 Å². The number of nitrogens with one attached hydrogen (secondary N) is 1. The zero-order chi connectivity index (χ0) is 13.2. The van der Waals surface area contributed by atoms with Crippen molar-refractivity contribution >= 4 is 0 Å². The molecule has 0 heterocycles. The second kappa shape index (κ2) is 6.43. The van der Waals surface area contributed by atoms with Crippen molar-refractivity contribution in [2.75, 3.05) is 14.1 Å². The summed E-state index contributed by atoms with van der Waals surface area (Å²) in [6, 6.07) is 20.6. The molecule has 3 rings (SSSR count). The zero-order valence-corrected chi connectivity index (χ0v) is 12.9. The van der Waals surface area contributed by atoms with Crippen molar-refractivity contribution in [1.29, 1.82) is 0 Å². The largest absolute Gasteiger partial charge is 1.00 e. The molecule has 0 aromatic heterocycles. The lowest BCUT2D eigenvalue weighted by Gasteiger charge is -2.33. The van der Waals surface area contributed by atoms with E-state index in [1.54, 1.807) is 10.5 Å². The van der Waals surface area contributed by atoms with Gasteiger partial charge in [-0.2, -0.15) is 0 Å². The summed E-state index contributed by atoms with van der Waals surface area (Å²) in [5.74, 6) is 0.577. The van der Waals surface area contributed by atoms with Gasteiger partial charge < -0.3 is 17.3 Å². The lowest BCUT2D eigenvalue weighted by atomic mass is 9.76. The molecule has 1 N–H and O–H groups in total. The van der Waals surface area contributed by atoms with Crippen molar-refractivity contribution in [2.24, 2.45) is 0 Å². The van der Waals surface area contributed by atoms with Gasteiger partial charge in [-0.15, -0.1) is 0 Å². The van der Waals surface area contributed by atoms with Crippen molar-refractivity contribution in [3.05, 3.63) is 71.3 Å². The molecule has 2 unspecified atom stereocenters. The van der Waals surface area contributed by atoms with Gasteiger partial charge in [0.2, 0.25) is 0 Å². The lowest BCUT2D eigenvalue weighted by molar-refractivity contribution is -0.893. The molecule has 0 saturated carbocycles. The zero-order valence-electron chi connectivity index (χ0n) is 12.1. The molecule has 0 saturated heterocycles. The number of benzene rings is 2. The van der Waals surface area contributed by atoms with Gasteiger partial charge in [-0.25, -0.2) is 0 Å². The first-order valence-electron chi connectivity index (χ1n) is 7.21. The molecule has 0 bridgehead atoms. The van der Waals surface area contributed by atoms with Crippen molar-refractivity contribution in [3.63, 3.8) is 0 Å². The maximum absolute atomic E-state index is 2.32. The molecule has 20 heavy (non-hydrogen) atoms. The Hall–Kier alpha value is -1.31. The van der Waals surface area contributed by atoms with E-state index >= 15 is 0 Å². The standard InChI is InChI=1S/C18H21N.ClH/c1-19(2)18-13-12-15(14-8-4-3-5-9-14)16-10-6-7-11-17(16)18;/h3-11,15,18H,12-13H2,1-2H3;1H. The predicted octanol–water partition coefficient (Wildman–Crippen LogP) is -0.198. The van der Waals surface area contributed by atoms with Crippen LogP contribution in [-0.4, -0.2) is 14.1 Å². The van der Waals surface area contributed by atoms with E-state index in [9.17, 15) is 0 Å². The second-order valence-corrected chi connectivity index (χ2v) is 5.80. The summed E-state index contributed by atoms with van der Waals surface area (Å²) in [4.78, 5) is 1.54. The Kier molecular flexibility index (Phi) is 4.85. The molecule has 1 aliphatic carbocycles. The molecule has 0 radical (unpaired) electrons. The van der Waals surface area contributed by atoms with Crippen molar-refractivity contribution in [2.45, 2.75) is 24.8 Å². The number of halogens is 1. The molecule has 0 amide bonds. The second-order valence-electron chi connectivity index (χ2n) is 5.80. The summed E-state index contributed by atoms with van der Waals surface area (Å²) in [6.45, 7) is 0. The Morgan fingerprint density at radius 1 is 0.800 bits per heavy atom. The van der Waals surface area contributed by atoms with Gasteiger partial charge in [0, 0.05) is 17.9 Å². The Morgan fingerprint density at radius 2 is 1.40 bits per heavy atom. The van der Waals surface area contributed by atoms with Crippen molar-refractivity contribution in [1.82, 2.24) is 0 Å². The maximum Gasteiger partial charge on any atom is 0.113 e.